The Balaban J connectivity index is 0.000000184. The van der Waals surface area contributed by atoms with Crippen LogP contribution in [0.1, 0.15) is 17.5 Å². The van der Waals surface area contributed by atoms with Crippen LogP contribution in [0.5, 0.6) is 0 Å². The average Bonchev–Trinajstić information content (AvgIpc) is 2.66. The Bertz CT molecular complexity index is 320. The fourth-order valence-corrected chi connectivity index (χ4v) is 1.51. The highest BCUT2D eigenvalue weighted by molar-refractivity contribution is 5.30. The molecule has 13 heavy (non-hydrogen) atoms. The second kappa shape index (κ2) is 4.95. The molecule has 0 atom stereocenters. The summed E-state index contributed by atoms with van der Waals surface area (Å²) >= 11 is 0. The Morgan fingerprint density at radius 2 is 1.38 bits per heavy atom. The molecular weight excluding hydrogens is 160 g/mol. The van der Waals surface area contributed by atoms with Crippen molar-refractivity contribution >= 4 is 0 Å². The lowest BCUT2D eigenvalue weighted by Gasteiger charge is -1.93. The maximum atomic E-state index is 7.26. The third kappa shape index (κ3) is 2.61. The molecule has 0 fully saturated rings. The van der Waals surface area contributed by atoms with Gasteiger partial charge in [0.25, 0.3) is 0 Å². The Labute approximate surface area is 78.0 Å². The molecule has 2 rings (SSSR count). The highest BCUT2D eigenvalue weighted by atomic mass is 14.3. The van der Waals surface area contributed by atoms with Crippen molar-refractivity contribution in [2.75, 3.05) is 0 Å². The van der Waals surface area contributed by atoms with Crippen molar-refractivity contribution in [1.82, 2.24) is 0 Å². The number of hydrogen-bond acceptors (Lipinski definition) is 2. The minimum atomic E-state index is 1.24. The molecule has 0 N–H and O–H groups in total. The lowest BCUT2D eigenvalue weighted by atomic mass is 10.1. The second-order valence-corrected chi connectivity index (χ2v) is 2.85. The summed E-state index contributed by atoms with van der Waals surface area (Å²) in [6.45, 7) is 0. The smallest absolute Gasteiger partial charge is 0.181 e. The number of fused-ring (bicyclic) bond motifs is 1. The minimum absolute atomic E-state index is 1.24. The van der Waals surface area contributed by atoms with E-state index in [0.717, 1.165) is 0 Å². The standard InChI is InChI=1S/C9H10.C2N2/c1-2-5-9-7-3-6-8(9)4-1;3-1-2-4/h1-2,4-5H,3,6-7H2;. The maximum absolute atomic E-state index is 7.26. The van der Waals surface area contributed by atoms with E-state index >= 15 is 0 Å². The van der Waals surface area contributed by atoms with Crippen molar-refractivity contribution in [2.45, 2.75) is 19.3 Å². The first-order valence-corrected chi connectivity index (χ1v) is 4.23. The summed E-state index contributed by atoms with van der Waals surface area (Å²) in [4.78, 5) is 0. The van der Waals surface area contributed by atoms with Gasteiger partial charge < -0.3 is 0 Å². The molecule has 0 aliphatic heterocycles. The zero-order valence-electron chi connectivity index (χ0n) is 7.33. The molecule has 1 aliphatic carbocycles. The third-order valence-corrected chi connectivity index (χ3v) is 2.06. The fraction of sp³-hybridized carbons (Fsp3) is 0.273. The van der Waals surface area contributed by atoms with Gasteiger partial charge in [-0.2, -0.15) is 10.5 Å². The molecule has 1 aromatic carbocycles. The predicted molar refractivity (Wildman–Crippen MR) is 49.7 cm³/mol. The Kier molecular flexibility index (Phi) is 3.54. The molecule has 0 spiro atoms. The molecule has 0 heterocycles. The number of nitrogens with zero attached hydrogens (tertiary/aromatic N) is 2. The van der Waals surface area contributed by atoms with Crippen LogP contribution in [0, 0.1) is 22.7 Å². The van der Waals surface area contributed by atoms with Gasteiger partial charge in [-0.05, 0) is 30.4 Å². The molecule has 0 saturated carbocycles. The van der Waals surface area contributed by atoms with Gasteiger partial charge in [0.1, 0.15) is 0 Å². The Morgan fingerprint density at radius 3 is 1.77 bits per heavy atom. The van der Waals surface area contributed by atoms with Gasteiger partial charge in [0.2, 0.25) is 0 Å². The van der Waals surface area contributed by atoms with Crippen molar-refractivity contribution in [2.24, 2.45) is 0 Å². The molecule has 2 heteroatoms. The largest absolute Gasteiger partial charge is 0.181 e. The highest BCUT2D eigenvalue weighted by Crippen LogP contribution is 2.20. The molecule has 0 aromatic heterocycles. The van der Waals surface area contributed by atoms with Crippen LogP contribution in [0.4, 0.5) is 0 Å². The monoisotopic (exact) mass is 170 g/mol. The van der Waals surface area contributed by atoms with Crippen molar-refractivity contribution in [3.8, 4) is 12.1 Å². The maximum Gasteiger partial charge on any atom is 0.181 e. The predicted octanol–water partition coefficient (Wildman–Crippen LogP) is 2.21. The van der Waals surface area contributed by atoms with E-state index < -0.39 is 0 Å². The summed E-state index contributed by atoms with van der Waals surface area (Å²) in [5, 5.41) is 14.5. The van der Waals surface area contributed by atoms with E-state index in [9.17, 15) is 0 Å². The van der Waals surface area contributed by atoms with Gasteiger partial charge in [0.05, 0.1) is 0 Å². The molecule has 0 saturated heterocycles. The summed E-state index contributed by atoms with van der Waals surface area (Å²) in [7, 11) is 0. The van der Waals surface area contributed by atoms with Crippen LogP contribution in [0.3, 0.4) is 0 Å². The Morgan fingerprint density at radius 1 is 0.923 bits per heavy atom. The molecule has 1 aromatic rings. The van der Waals surface area contributed by atoms with E-state index in [4.69, 9.17) is 10.5 Å². The van der Waals surface area contributed by atoms with Crippen LogP contribution in [-0.4, -0.2) is 0 Å². The molecule has 2 nitrogen and oxygen atoms in total. The van der Waals surface area contributed by atoms with E-state index in [1.54, 1.807) is 11.1 Å². The number of nitriles is 2. The van der Waals surface area contributed by atoms with E-state index in [1.165, 1.54) is 31.4 Å². The zero-order chi connectivity index (χ0) is 9.52. The fourth-order valence-electron chi connectivity index (χ4n) is 1.51. The molecule has 0 radical (unpaired) electrons. The number of rotatable bonds is 0. The van der Waals surface area contributed by atoms with Gasteiger partial charge in [0, 0.05) is 0 Å². The topological polar surface area (TPSA) is 47.6 Å². The van der Waals surface area contributed by atoms with Crippen molar-refractivity contribution in [3.05, 3.63) is 35.4 Å². The summed E-state index contributed by atoms with van der Waals surface area (Å²) in [6.07, 6.45) is 3.96. The normalized spacial score (nSPS) is 11.5. The van der Waals surface area contributed by atoms with Crippen LogP contribution < -0.4 is 0 Å². The zero-order valence-corrected chi connectivity index (χ0v) is 7.33. The number of aryl methyl sites for hydroxylation is 2. The summed E-state index contributed by atoms with van der Waals surface area (Å²) in [6, 6.07) is 11.2. The number of benzene rings is 1. The lowest BCUT2D eigenvalue weighted by molar-refractivity contribution is 0.912. The van der Waals surface area contributed by atoms with E-state index in [2.05, 4.69) is 24.3 Å². The van der Waals surface area contributed by atoms with Crippen molar-refractivity contribution in [3.63, 3.8) is 0 Å². The quantitative estimate of drug-likeness (QED) is 0.599. The summed E-state index contributed by atoms with van der Waals surface area (Å²) in [5.74, 6) is 0. The van der Waals surface area contributed by atoms with Gasteiger partial charge in [-0.15, -0.1) is 0 Å². The van der Waals surface area contributed by atoms with Crippen molar-refractivity contribution in [1.29, 1.82) is 10.5 Å². The first-order valence-electron chi connectivity index (χ1n) is 4.23. The molecule has 64 valence electrons. The van der Waals surface area contributed by atoms with E-state index in [1.807, 2.05) is 0 Å². The summed E-state index contributed by atoms with van der Waals surface area (Å²) < 4.78 is 0. The van der Waals surface area contributed by atoms with Gasteiger partial charge in [-0.1, -0.05) is 24.3 Å². The molecule has 0 amide bonds. The molecular formula is C11H10N2. The van der Waals surface area contributed by atoms with Gasteiger partial charge >= 0.3 is 0 Å². The van der Waals surface area contributed by atoms with Crippen LogP contribution in [0.15, 0.2) is 24.3 Å². The Hall–Kier alpha value is -1.80. The van der Waals surface area contributed by atoms with Crippen LogP contribution in [-0.2, 0) is 12.8 Å². The van der Waals surface area contributed by atoms with Gasteiger partial charge in [-0.25, -0.2) is 0 Å². The third-order valence-electron chi connectivity index (χ3n) is 2.06. The lowest BCUT2D eigenvalue weighted by Crippen LogP contribution is -1.77. The number of hydrogen-bond donors (Lipinski definition) is 0. The highest BCUT2D eigenvalue weighted by Gasteiger charge is 2.07. The van der Waals surface area contributed by atoms with Gasteiger partial charge in [0.15, 0.2) is 12.1 Å². The summed E-state index contributed by atoms with van der Waals surface area (Å²) in [5.41, 5.74) is 3.13. The van der Waals surface area contributed by atoms with Crippen LogP contribution in [0.25, 0.3) is 0 Å². The molecule has 0 unspecified atom stereocenters. The first-order chi connectivity index (χ1) is 6.38. The van der Waals surface area contributed by atoms with Crippen LogP contribution >= 0.6 is 0 Å². The van der Waals surface area contributed by atoms with E-state index in [0.29, 0.717) is 0 Å². The SMILES string of the molecule is N#CC#N.c1ccc2c(c1)CCC2. The van der Waals surface area contributed by atoms with Crippen molar-refractivity contribution < 1.29 is 0 Å². The van der Waals surface area contributed by atoms with E-state index in [-0.39, 0.29) is 0 Å². The van der Waals surface area contributed by atoms with Gasteiger partial charge in [-0.3, -0.25) is 0 Å². The first kappa shape index (κ1) is 9.29. The molecule has 0 bridgehead atoms. The minimum Gasteiger partial charge on any atom is -0.181 e. The average molecular weight is 170 g/mol. The molecule has 1 aliphatic rings. The van der Waals surface area contributed by atoms with Crippen LogP contribution in [0.2, 0.25) is 0 Å². The second-order valence-electron chi connectivity index (χ2n) is 2.85.